The van der Waals surface area contributed by atoms with Crippen molar-refractivity contribution in [2.75, 3.05) is 39.3 Å². The molecule has 0 aromatic heterocycles. The first-order valence-electron chi connectivity index (χ1n) is 16.9. The van der Waals surface area contributed by atoms with Crippen LogP contribution in [-0.4, -0.2) is 72.2 Å². The second-order valence-corrected chi connectivity index (χ2v) is 14.2. The lowest BCUT2D eigenvalue weighted by molar-refractivity contribution is -0.140. The van der Waals surface area contributed by atoms with E-state index in [9.17, 15) is 18.0 Å². The number of nitrogens with zero attached hydrogens (tertiary/aromatic N) is 2. The molecule has 52 heavy (non-hydrogen) atoms. The summed E-state index contributed by atoms with van der Waals surface area (Å²) in [6.07, 6.45) is 3.65. The Morgan fingerprint density at radius 3 is 2.12 bits per heavy atom. The van der Waals surface area contributed by atoms with E-state index in [1.165, 1.54) is 81.9 Å². The van der Waals surface area contributed by atoms with Gasteiger partial charge >= 0.3 is 0 Å². The van der Waals surface area contributed by atoms with Crippen LogP contribution in [0.1, 0.15) is 36.8 Å². The Morgan fingerprint density at radius 1 is 0.808 bits per heavy atom. The Kier molecular flexibility index (Phi) is 12.6. The Morgan fingerprint density at radius 2 is 1.46 bits per heavy atom. The molecule has 1 unspecified atom stereocenters. The van der Waals surface area contributed by atoms with Gasteiger partial charge in [0.05, 0.1) is 39.0 Å². The van der Waals surface area contributed by atoms with E-state index in [4.69, 9.17) is 18.9 Å². The molecule has 2 amide bonds. The summed E-state index contributed by atoms with van der Waals surface area (Å²) in [6.45, 7) is -1.09. The van der Waals surface area contributed by atoms with Gasteiger partial charge < -0.3 is 29.2 Å². The molecule has 0 saturated heterocycles. The molecule has 11 nitrogen and oxygen atoms in total. The fourth-order valence-electron chi connectivity index (χ4n) is 6.34. The molecule has 0 bridgehead atoms. The summed E-state index contributed by atoms with van der Waals surface area (Å²) < 4.78 is 67.3. The number of carbonyl (C=O) groups excluding carboxylic acids is 2. The Hall–Kier alpha value is -5.30. The number of carbonyl (C=O) groups is 2. The zero-order valence-corrected chi connectivity index (χ0v) is 30.5. The Balaban J connectivity index is 1.65. The summed E-state index contributed by atoms with van der Waals surface area (Å²) in [5, 5.41) is 3.11. The number of hydrogen-bond acceptors (Lipinski definition) is 8. The predicted molar refractivity (Wildman–Crippen MR) is 195 cm³/mol. The molecule has 1 saturated carbocycles. The number of anilines is 1. The number of nitrogens with one attached hydrogen (secondary N) is 1. The minimum Gasteiger partial charge on any atom is -0.497 e. The number of hydrogen-bond donors (Lipinski definition) is 1. The monoisotopic (exact) mass is 733 g/mol. The van der Waals surface area contributed by atoms with Gasteiger partial charge in [-0.25, -0.2) is 12.8 Å². The van der Waals surface area contributed by atoms with Crippen LogP contribution >= 0.6 is 0 Å². The molecule has 13 heteroatoms. The van der Waals surface area contributed by atoms with Crippen LogP contribution in [0.4, 0.5) is 10.1 Å². The van der Waals surface area contributed by atoms with Crippen LogP contribution in [0.25, 0.3) is 0 Å². The highest BCUT2D eigenvalue weighted by Gasteiger charge is 2.37. The fourth-order valence-corrected chi connectivity index (χ4v) is 7.77. The molecule has 4 aromatic carbocycles. The van der Waals surface area contributed by atoms with Crippen LogP contribution in [0.3, 0.4) is 0 Å². The molecule has 1 fully saturated rings. The van der Waals surface area contributed by atoms with Crippen LogP contribution in [0.15, 0.2) is 95.9 Å². The smallest absolute Gasteiger partial charge is 0.265 e. The van der Waals surface area contributed by atoms with Gasteiger partial charge in [0, 0.05) is 36.7 Å². The Labute approximate surface area is 304 Å². The number of rotatable bonds is 16. The summed E-state index contributed by atoms with van der Waals surface area (Å²) in [5.41, 5.74) is 0.936. The second-order valence-electron chi connectivity index (χ2n) is 12.4. The highest BCUT2D eigenvalue weighted by atomic mass is 32.2. The molecule has 1 atom stereocenters. The van der Waals surface area contributed by atoms with Gasteiger partial charge in [-0.05, 0) is 48.7 Å². The third-order valence-corrected chi connectivity index (χ3v) is 10.9. The standard InChI is InChI=1S/C39H44FN3O8S/c1-48-30-18-20-35(49-2)33(23-30)43(52(46,47)31-19-21-36(50-3)37(24-31)51-4)26-38(44)42(25-28-14-8-11-17-32(28)40)34(22-27-12-6-5-7-13-27)39(45)41-29-15-9-10-16-29/h5-8,11-14,17-21,23-24,29,34H,9-10,15-16,22,25-26H2,1-4H3,(H,41,45). The van der Waals surface area contributed by atoms with E-state index in [1.807, 2.05) is 30.3 Å². The number of benzene rings is 4. The molecule has 1 aliphatic rings. The molecule has 0 spiro atoms. The predicted octanol–water partition coefficient (Wildman–Crippen LogP) is 5.75. The SMILES string of the molecule is COc1ccc(OC)c(N(CC(=O)N(Cc2ccccc2F)C(Cc2ccccc2)C(=O)NC2CCCC2)S(=O)(=O)c2ccc(OC)c(OC)c2)c1. The number of ether oxygens (including phenoxy) is 4. The average molecular weight is 734 g/mol. The zero-order valence-electron chi connectivity index (χ0n) is 29.7. The normalized spacial score (nSPS) is 13.6. The van der Waals surface area contributed by atoms with Gasteiger partial charge in [-0.2, -0.15) is 0 Å². The largest absolute Gasteiger partial charge is 0.497 e. The van der Waals surface area contributed by atoms with Crippen LogP contribution in [0, 0.1) is 5.82 Å². The molecule has 0 aliphatic heterocycles. The zero-order chi connectivity index (χ0) is 37.3. The van der Waals surface area contributed by atoms with Crippen molar-refractivity contribution >= 4 is 27.5 Å². The van der Waals surface area contributed by atoms with E-state index in [2.05, 4.69) is 5.32 Å². The average Bonchev–Trinajstić information content (AvgIpc) is 3.68. The van der Waals surface area contributed by atoms with Crippen LogP contribution in [0.2, 0.25) is 0 Å². The first-order chi connectivity index (χ1) is 25.1. The lowest BCUT2D eigenvalue weighted by Gasteiger charge is -2.34. The van der Waals surface area contributed by atoms with E-state index in [0.717, 1.165) is 35.6 Å². The van der Waals surface area contributed by atoms with Gasteiger partial charge in [0.2, 0.25) is 11.8 Å². The van der Waals surface area contributed by atoms with Gasteiger partial charge in [-0.3, -0.25) is 13.9 Å². The topological polar surface area (TPSA) is 124 Å². The molecule has 276 valence electrons. The molecular formula is C39H44FN3O8S. The first-order valence-corrected chi connectivity index (χ1v) is 18.4. The molecule has 1 N–H and O–H groups in total. The van der Waals surface area contributed by atoms with Gasteiger partial charge in [0.15, 0.2) is 11.5 Å². The molecule has 5 rings (SSSR count). The van der Waals surface area contributed by atoms with Gasteiger partial charge in [-0.15, -0.1) is 0 Å². The van der Waals surface area contributed by atoms with E-state index >= 15 is 4.39 Å². The number of amides is 2. The van der Waals surface area contributed by atoms with E-state index in [0.29, 0.717) is 11.5 Å². The quantitative estimate of drug-likeness (QED) is 0.154. The maximum atomic E-state index is 15.3. The molecule has 0 radical (unpaired) electrons. The van der Waals surface area contributed by atoms with Crippen molar-refractivity contribution in [3.05, 3.63) is 108 Å². The van der Waals surface area contributed by atoms with Crippen molar-refractivity contribution in [3.63, 3.8) is 0 Å². The summed E-state index contributed by atoms with van der Waals surface area (Å²) >= 11 is 0. The fraction of sp³-hybridized carbons (Fsp3) is 0.333. The summed E-state index contributed by atoms with van der Waals surface area (Å²) in [7, 11) is 1.05. The lowest BCUT2D eigenvalue weighted by Crippen LogP contribution is -2.54. The maximum absolute atomic E-state index is 15.3. The minimum atomic E-state index is -4.56. The van der Waals surface area contributed by atoms with Crippen molar-refractivity contribution < 1.29 is 41.3 Å². The van der Waals surface area contributed by atoms with Gasteiger partial charge in [0.1, 0.15) is 29.9 Å². The van der Waals surface area contributed by atoms with Crippen molar-refractivity contribution in [3.8, 4) is 23.0 Å². The lowest BCUT2D eigenvalue weighted by atomic mass is 10.0. The molecule has 4 aromatic rings. The number of sulfonamides is 1. The van der Waals surface area contributed by atoms with Crippen LogP contribution in [0.5, 0.6) is 23.0 Å². The third kappa shape index (κ3) is 8.76. The summed E-state index contributed by atoms with van der Waals surface area (Å²) in [5.74, 6) is -0.834. The minimum absolute atomic E-state index is 0.00541. The first kappa shape index (κ1) is 37.9. The highest BCUT2D eigenvalue weighted by molar-refractivity contribution is 7.92. The van der Waals surface area contributed by atoms with Crippen molar-refractivity contribution in [1.29, 1.82) is 0 Å². The van der Waals surface area contributed by atoms with E-state index in [-0.39, 0.29) is 46.7 Å². The van der Waals surface area contributed by atoms with Gasteiger partial charge in [-0.1, -0.05) is 61.4 Å². The molecule has 1 aliphatic carbocycles. The van der Waals surface area contributed by atoms with E-state index in [1.54, 1.807) is 12.1 Å². The van der Waals surface area contributed by atoms with Crippen molar-refractivity contribution in [2.45, 2.75) is 55.6 Å². The Bertz CT molecular complexity index is 1950. The second kappa shape index (κ2) is 17.3. The van der Waals surface area contributed by atoms with Crippen LogP contribution in [-0.2, 0) is 32.6 Å². The maximum Gasteiger partial charge on any atom is 0.265 e. The van der Waals surface area contributed by atoms with Crippen LogP contribution < -0.4 is 28.6 Å². The third-order valence-electron chi connectivity index (χ3n) is 9.15. The highest BCUT2D eigenvalue weighted by Crippen LogP contribution is 2.38. The number of halogens is 1. The number of methoxy groups -OCH3 is 4. The molecule has 0 heterocycles. The summed E-state index contributed by atoms with van der Waals surface area (Å²) in [6, 6.07) is 22.6. The van der Waals surface area contributed by atoms with Gasteiger partial charge in [0.25, 0.3) is 10.0 Å². The van der Waals surface area contributed by atoms with E-state index < -0.39 is 40.2 Å². The molecular weight excluding hydrogens is 690 g/mol. The van der Waals surface area contributed by atoms with Crippen molar-refractivity contribution in [2.24, 2.45) is 0 Å². The van der Waals surface area contributed by atoms with Crippen molar-refractivity contribution in [1.82, 2.24) is 10.2 Å². The summed E-state index contributed by atoms with van der Waals surface area (Å²) in [4.78, 5) is 30.2.